The molecule has 6 heteroatoms. The van der Waals surface area contributed by atoms with Crippen molar-refractivity contribution in [1.82, 2.24) is 0 Å². The van der Waals surface area contributed by atoms with E-state index in [1.807, 2.05) is 6.92 Å². The molecule has 17 heavy (non-hydrogen) atoms. The molecule has 0 saturated carbocycles. The summed E-state index contributed by atoms with van der Waals surface area (Å²) in [5, 5.41) is 0. The lowest BCUT2D eigenvalue weighted by Gasteiger charge is -2.05. The van der Waals surface area contributed by atoms with Gasteiger partial charge in [-0.3, -0.25) is 0 Å². The highest BCUT2D eigenvalue weighted by atomic mass is 31.2. The van der Waals surface area contributed by atoms with Crippen LogP contribution in [0.2, 0.25) is 0 Å². The van der Waals surface area contributed by atoms with Crippen LogP contribution in [0, 0.1) is 0 Å². The number of hydrogen-bond donors (Lipinski definition) is 0. The van der Waals surface area contributed by atoms with E-state index in [4.69, 9.17) is 0 Å². The van der Waals surface area contributed by atoms with Crippen molar-refractivity contribution in [1.29, 1.82) is 0 Å². The van der Waals surface area contributed by atoms with E-state index in [9.17, 15) is 17.9 Å². The zero-order chi connectivity index (χ0) is 13.2. The molecule has 0 aliphatic carbocycles. The van der Waals surface area contributed by atoms with E-state index < -0.39 is 20.2 Å². The van der Waals surface area contributed by atoms with Crippen LogP contribution in [-0.2, 0) is 9.13 Å². The van der Waals surface area contributed by atoms with Crippen LogP contribution >= 0.6 is 14.3 Å². The highest BCUT2D eigenvalue weighted by Crippen LogP contribution is 2.54. The number of hydrogen-bond acceptors (Lipinski definition) is 2. The molecule has 0 aromatic carbocycles. The van der Waals surface area contributed by atoms with Gasteiger partial charge in [-0.15, -0.1) is 0 Å². The maximum Gasteiger partial charge on any atom is 0.255 e. The first-order valence-electron chi connectivity index (χ1n) is 6.19. The van der Waals surface area contributed by atoms with E-state index in [1.165, 1.54) is 19.5 Å². The molecule has 0 bridgehead atoms. The Kier molecular flexibility index (Phi) is 5.00. The minimum Gasteiger partial charge on any atom is -0.324 e. The summed E-state index contributed by atoms with van der Waals surface area (Å²) in [5.41, 5.74) is 0. The normalized spacial score (nSPS) is 34.1. The maximum absolute atomic E-state index is 12.3. The van der Waals surface area contributed by atoms with Crippen molar-refractivity contribution in [3.05, 3.63) is 0 Å². The van der Waals surface area contributed by atoms with E-state index in [2.05, 4.69) is 0 Å². The number of halogens is 2. The summed E-state index contributed by atoms with van der Waals surface area (Å²) in [6.07, 6.45) is 5.09. The lowest BCUT2D eigenvalue weighted by atomic mass is 10.3. The molecule has 1 unspecified atom stereocenters. The van der Waals surface area contributed by atoms with Crippen LogP contribution in [0.15, 0.2) is 0 Å². The predicted molar refractivity (Wildman–Crippen MR) is 69.9 cm³/mol. The van der Waals surface area contributed by atoms with Crippen molar-refractivity contribution in [2.24, 2.45) is 0 Å². The molecule has 0 amide bonds. The van der Waals surface area contributed by atoms with E-state index >= 15 is 0 Å². The zero-order valence-corrected chi connectivity index (χ0v) is 12.4. The fourth-order valence-corrected chi connectivity index (χ4v) is 6.83. The maximum atomic E-state index is 12.3. The predicted octanol–water partition coefficient (Wildman–Crippen LogP) is 4.18. The van der Waals surface area contributed by atoms with Gasteiger partial charge in [0.15, 0.2) is 0 Å². The molecule has 0 aromatic heterocycles. The Morgan fingerprint density at radius 3 is 1.82 bits per heavy atom. The summed E-state index contributed by atoms with van der Waals surface area (Å²) in [4.78, 5) is 0. The highest BCUT2D eigenvalue weighted by molar-refractivity contribution is 7.64. The second kappa shape index (κ2) is 5.53. The summed E-state index contributed by atoms with van der Waals surface area (Å²) >= 11 is 0. The fourth-order valence-electron chi connectivity index (χ4n) is 2.28. The molecule has 0 radical (unpaired) electrons. The SMILES string of the molecule is CCP1(=O)CCCC1.CP1(=O)CCC(F)(F)C1. The van der Waals surface area contributed by atoms with Gasteiger partial charge in [0.1, 0.15) is 0 Å². The van der Waals surface area contributed by atoms with Crippen LogP contribution in [0.3, 0.4) is 0 Å². The lowest BCUT2D eigenvalue weighted by Crippen LogP contribution is -2.13. The van der Waals surface area contributed by atoms with Crippen molar-refractivity contribution in [3.8, 4) is 0 Å². The Morgan fingerprint density at radius 2 is 1.65 bits per heavy atom. The van der Waals surface area contributed by atoms with Crippen molar-refractivity contribution >= 4 is 14.3 Å². The minimum atomic E-state index is -2.63. The van der Waals surface area contributed by atoms with Gasteiger partial charge < -0.3 is 9.13 Å². The van der Waals surface area contributed by atoms with E-state index in [-0.39, 0.29) is 18.7 Å². The zero-order valence-electron chi connectivity index (χ0n) is 10.6. The van der Waals surface area contributed by atoms with Gasteiger partial charge in [0.05, 0.1) is 20.4 Å². The number of alkyl halides is 2. The Balaban J connectivity index is 0.000000171. The standard InChI is InChI=1S/C6H13OP.C5H9F2OP/c1-2-8(7)5-3-4-6-8;1-9(8)3-2-5(6,7)4-9/h2-6H2,1H3;2-4H2,1H3. The van der Waals surface area contributed by atoms with Crippen LogP contribution in [0.4, 0.5) is 8.78 Å². The van der Waals surface area contributed by atoms with E-state index in [0.717, 1.165) is 18.5 Å². The van der Waals surface area contributed by atoms with Crippen LogP contribution in [0.25, 0.3) is 0 Å². The highest BCUT2D eigenvalue weighted by Gasteiger charge is 2.43. The molecule has 0 aromatic rings. The monoisotopic (exact) mass is 286 g/mol. The molecule has 0 spiro atoms. The van der Waals surface area contributed by atoms with Gasteiger partial charge in [-0.05, 0) is 25.7 Å². The molecule has 0 N–H and O–H groups in total. The molecule has 1 atom stereocenters. The molecule has 2 aliphatic rings. The van der Waals surface area contributed by atoms with Crippen molar-refractivity contribution in [2.45, 2.75) is 32.1 Å². The summed E-state index contributed by atoms with van der Waals surface area (Å²) in [5.74, 6) is -2.63. The smallest absolute Gasteiger partial charge is 0.255 e. The summed E-state index contributed by atoms with van der Waals surface area (Å²) in [6.45, 7) is 3.50. The van der Waals surface area contributed by atoms with Crippen LogP contribution in [0.1, 0.15) is 26.2 Å². The molecule has 102 valence electrons. The molecule has 2 aliphatic heterocycles. The average Bonchev–Trinajstić information content (AvgIpc) is 2.73. The van der Waals surface area contributed by atoms with Crippen molar-refractivity contribution < 1.29 is 17.9 Å². The number of rotatable bonds is 1. The van der Waals surface area contributed by atoms with Crippen molar-refractivity contribution in [3.63, 3.8) is 0 Å². The van der Waals surface area contributed by atoms with Crippen LogP contribution in [-0.4, -0.2) is 43.4 Å². The molecule has 2 saturated heterocycles. The molecular formula is C11H22F2O2P2. The first kappa shape index (κ1) is 15.4. The second-order valence-electron chi connectivity index (χ2n) is 5.31. The van der Waals surface area contributed by atoms with Crippen LogP contribution in [0.5, 0.6) is 0 Å². The topological polar surface area (TPSA) is 34.1 Å². The molecular weight excluding hydrogens is 264 g/mol. The van der Waals surface area contributed by atoms with Gasteiger partial charge in [-0.25, -0.2) is 8.78 Å². The summed E-state index contributed by atoms with van der Waals surface area (Å²) in [6, 6.07) is 0. The van der Waals surface area contributed by atoms with E-state index in [1.54, 1.807) is 0 Å². The molecule has 2 nitrogen and oxygen atoms in total. The molecule has 2 fully saturated rings. The van der Waals surface area contributed by atoms with Gasteiger partial charge in [-0.1, -0.05) is 6.92 Å². The first-order valence-corrected chi connectivity index (χ1v) is 11.0. The third-order valence-corrected chi connectivity index (χ3v) is 9.19. The Bertz CT molecular complexity index is 345. The van der Waals surface area contributed by atoms with Gasteiger partial charge in [0, 0.05) is 24.9 Å². The minimum absolute atomic E-state index is 0.180. The summed E-state index contributed by atoms with van der Waals surface area (Å²) < 4.78 is 46.9. The quantitative estimate of drug-likeness (QED) is 0.678. The largest absolute Gasteiger partial charge is 0.324 e. The summed E-state index contributed by atoms with van der Waals surface area (Å²) in [7, 11) is -3.97. The average molecular weight is 286 g/mol. The molecule has 2 heterocycles. The van der Waals surface area contributed by atoms with Gasteiger partial charge in [0.2, 0.25) is 0 Å². The fraction of sp³-hybridized carbons (Fsp3) is 1.00. The Hall–Kier alpha value is 0.320. The Labute approximate surface area is 102 Å². The Morgan fingerprint density at radius 1 is 1.12 bits per heavy atom. The second-order valence-corrected chi connectivity index (χ2v) is 12.3. The van der Waals surface area contributed by atoms with Crippen molar-refractivity contribution in [2.75, 3.05) is 37.5 Å². The molecule has 2 rings (SSSR count). The lowest BCUT2D eigenvalue weighted by molar-refractivity contribution is 0.0303. The van der Waals surface area contributed by atoms with Gasteiger partial charge in [-0.2, -0.15) is 0 Å². The third-order valence-electron chi connectivity index (χ3n) is 3.47. The van der Waals surface area contributed by atoms with E-state index in [0.29, 0.717) is 0 Å². The van der Waals surface area contributed by atoms with Gasteiger partial charge >= 0.3 is 0 Å². The van der Waals surface area contributed by atoms with Crippen LogP contribution < -0.4 is 0 Å². The van der Waals surface area contributed by atoms with Gasteiger partial charge in [0.25, 0.3) is 5.92 Å². The third kappa shape index (κ3) is 5.22. The first-order chi connectivity index (χ1) is 7.68.